The van der Waals surface area contributed by atoms with E-state index >= 15 is 0 Å². The van der Waals surface area contributed by atoms with Crippen molar-refractivity contribution in [3.05, 3.63) is 59.7 Å². The van der Waals surface area contributed by atoms with Crippen molar-refractivity contribution in [3.8, 4) is 0 Å². The van der Waals surface area contributed by atoms with E-state index in [9.17, 15) is 26.8 Å². The van der Waals surface area contributed by atoms with Crippen molar-refractivity contribution in [1.29, 1.82) is 0 Å². The summed E-state index contributed by atoms with van der Waals surface area (Å²) in [5, 5.41) is 2.54. The standard InChI is InChI=1S/C20H20F2N2O4S/c1-13(25)14-2-5-17(6-3-14)29(27,28)24-10-8-15(9-11-24)20(26)23-16-4-7-18(21)19(22)12-16/h2-7,12,15H,8-11H2,1H3,(H,23,26). The van der Waals surface area contributed by atoms with Gasteiger partial charge in [0.1, 0.15) is 0 Å². The van der Waals surface area contributed by atoms with Crippen molar-refractivity contribution in [2.75, 3.05) is 18.4 Å². The summed E-state index contributed by atoms with van der Waals surface area (Å²) < 4.78 is 53.1. The van der Waals surface area contributed by atoms with Crippen molar-refractivity contribution >= 4 is 27.4 Å². The Morgan fingerprint density at radius 3 is 2.17 bits per heavy atom. The first-order valence-electron chi connectivity index (χ1n) is 9.05. The molecule has 6 nitrogen and oxygen atoms in total. The van der Waals surface area contributed by atoms with E-state index in [0.717, 1.165) is 12.1 Å². The zero-order valence-corrected chi connectivity index (χ0v) is 16.5. The SMILES string of the molecule is CC(=O)c1ccc(S(=O)(=O)N2CCC(C(=O)Nc3ccc(F)c(F)c3)CC2)cc1. The maximum absolute atomic E-state index is 13.3. The quantitative estimate of drug-likeness (QED) is 0.750. The highest BCUT2D eigenvalue weighted by atomic mass is 32.2. The lowest BCUT2D eigenvalue weighted by molar-refractivity contribution is -0.120. The third kappa shape index (κ3) is 4.68. The van der Waals surface area contributed by atoms with E-state index in [4.69, 9.17) is 0 Å². The summed E-state index contributed by atoms with van der Waals surface area (Å²) in [5.74, 6) is -3.01. The number of ketones is 1. The number of sulfonamides is 1. The molecular formula is C20H20F2N2O4S. The number of anilines is 1. The van der Waals surface area contributed by atoms with Crippen LogP contribution in [0.3, 0.4) is 0 Å². The van der Waals surface area contributed by atoms with Gasteiger partial charge in [0.15, 0.2) is 17.4 Å². The highest BCUT2D eigenvalue weighted by Crippen LogP contribution is 2.25. The Morgan fingerprint density at radius 2 is 1.62 bits per heavy atom. The van der Waals surface area contributed by atoms with Gasteiger partial charge in [0, 0.05) is 36.3 Å². The maximum Gasteiger partial charge on any atom is 0.243 e. The van der Waals surface area contributed by atoms with Crippen LogP contribution in [0.2, 0.25) is 0 Å². The van der Waals surface area contributed by atoms with E-state index < -0.39 is 27.6 Å². The lowest BCUT2D eigenvalue weighted by Gasteiger charge is -2.30. The Labute approximate surface area is 167 Å². The average molecular weight is 422 g/mol. The van der Waals surface area contributed by atoms with E-state index in [2.05, 4.69) is 5.32 Å². The molecule has 2 aromatic carbocycles. The number of rotatable bonds is 5. The highest BCUT2D eigenvalue weighted by molar-refractivity contribution is 7.89. The van der Waals surface area contributed by atoms with Gasteiger partial charge in [-0.25, -0.2) is 17.2 Å². The van der Waals surface area contributed by atoms with Crippen LogP contribution in [0.4, 0.5) is 14.5 Å². The summed E-state index contributed by atoms with van der Waals surface area (Å²) in [6.07, 6.45) is 0.612. The molecular weight excluding hydrogens is 402 g/mol. The fourth-order valence-corrected chi connectivity index (χ4v) is 4.66. The number of piperidine rings is 1. The number of hydrogen-bond acceptors (Lipinski definition) is 4. The number of carbonyl (C=O) groups is 2. The number of nitrogens with one attached hydrogen (secondary N) is 1. The third-order valence-electron chi connectivity index (χ3n) is 4.91. The molecule has 2 aromatic rings. The van der Waals surface area contributed by atoms with Gasteiger partial charge < -0.3 is 5.32 Å². The van der Waals surface area contributed by atoms with Crippen LogP contribution in [-0.2, 0) is 14.8 Å². The molecule has 29 heavy (non-hydrogen) atoms. The Bertz CT molecular complexity index is 1030. The molecule has 0 radical (unpaired) electrons. The molecule has 1 N–H and O–H groups in total. The summed E-state index contributed by atoms with van der Waals surface area (Å²) in [5.41, 5.74) is 0.575. The second-order valence-electron chi connectivity index (χ2n) is 6.88. The molecule has 0 spiro atoms. The van der Waals surface area contributed by atoms with Gasteiger partial charge in [-0.2, -0.15) is 4.31 Å². The van der Waals surface area contributed by atoms with Crippen LogP contribution < -0.4 is 5.32 Å². The first-order chi connectivity index (χ1) is 13.7. The zero-order valence-electron chi connectivity index (χ0n) is 15.7. The van der Waals surface area contributed by atoms with E-state index in [1.54, 1.807) is 0 Å². The lowest BCUT2D eigenvalue weighted by atomic mass is 9.97. The van der Waals surface area contributed by atoms with E-state index in [1.165, 1.54) is 41.6 Å². The summed E-state index contributed by atoms with van der Waals surface area (Å²) in [6.45, 7) is 1.72. The monoisotopic (exact) mass is 422 g/mol. The number of amides is 1. The summed E-state index contributed by atoms with van der Waals surface area (Å²) >= 11 is 0. The molecule has 1 heterocycles. The van der Waals surface area contributed by atoms with Crippen LogP contribution in [0, 0.1) is 17.6 Å². The second kappa shape index (κ2) is 8.38. The minimum absolute atomic E-state index is 0.0900. The van der Waals surface area contributed by atoms with Gasteiger partial charge in [-0.1, -0.05) is 12.1 Å². The Balaban J connectivity index is 1.62. The molecule has 1 aliphatic heterocycles. The van der Waals surface area contributed by atoms with Crippen LogP contribution in [0.25, 0.3) is 0 Å². The van der Waals surface area contributed by atoms with Gasteiger partial charge in [-0.15, -0.1) is 0 Å². The predicted octanol–water partition coefficient (Wildman–Crippen LogP) is 3.21. The number of nitrogens with zero attached hydrogens (tertiary/aromatic N) is 1. The Hall–Kier alpha value is -2.65. The molecule has 0 bridgehead atoms. The van der Waals surface area contributed by atoms with Crippen LogP contribution in [0.1, 0.15) is 30.1 Å². The van der Waals surface area contributed by atoms with Gasteiger partial charge in [-0.3, -0.25) is 9.59 Å². The Morgan fingerprint density at radius 1 is 1.00 bits per heavy atom. The summed E-state index contributed by atoms with van der Waals surface area (Å²) in [4.78, 5) is 23.8. The van der Waals surface area contributed by atoms with Gasteiger partial charge in [-0.05, 0) is 44.0 Å². The van der Waals surface area contributed by atoms with Crippen LogP contribution >= 0.6 is 0 Å². The summed E-state index contributed by atoms with van der Waals surface area (Å²) in [6, 6.07) is 8.83. The predicted molar refractivity (Wildman–Crippen MR) is 103 cm³/mol. The van der Waals surface area contributed by atoms with Crippen molar-refractivity contribution in [3.63, 3.8) is 0 Å². The van der Waals surface area contributed by atoms with Gasteiger partial charge >= 0.3 is 0 Å². The lowest BCUT2D eigenvalue weighted by Crippen LogP contribution is -2.41. The third-order valence-corrected chi connectivity index (χ3v) is 6.82. The number of Topliss-reactive ketones (excluding diaryl/α,β-unsaturated/α-hetero) is 1. The highest BCUT2D eigenvalue weighted by Gasteiger charge is 2.32. The van der Waals surface area contributed by atoms with E-state index in [1.807, 2.05) is 0 Å². The maximum atomic E-state index is 13.3. The molecule has 1 amide bonds. The fraction of sp³-hybridized carbons (Fsp3) is 0.300. The van der Waals surface area contributed by atoms with Crippen LogP contribution in [-0.4, -0.2) is 37.5 Å². The second-order valence-corrected chi connectivity index (χ2v) is 8.81. The zero-order chi connectivity index (χ0) is 21.2. The van der Waals surface area contributed by atoms with Crippen molar-refractivity contribution in [2.24, 2.45) is 5.92 Å². The molecule has 0 aliphatic carbocycles. The molecule has 1 saturated heterocycles. The molecule has 1 aliphatic rings. The topological polar surface area (TPSA) is 83.6 Å². The molecule has 0 saturated carbocycles. The minimum Gasteiger partial charge on any atom is -0.326 e. The van der Waals surface area contributed by atoms with Crippen LogP contribution in [0.15, 0.2) is 47.4 Å². The fourth-order valence-electron chi connectivity index (χ4n) is 3.19. The molecule has 3 rings (SSSR count). The van der Waals surface area contributed by atoms with E-state index in [-0.39, 0.29) is 35.4 Å². The van der Waals surface area contributed by atoms with E-state index in [0.29, 0.717) is 18.4 Å². The number of hydrogen-bond donors (Lipinski definition) is 1. The molecule has 154 valence electrons. The first kappa shape index (κ1) is 21.1. The normalized spacial score (nSPS) is 15.8. The molecule has 0 atom stereocenters. The smallest absolute Gasteiger partial charge is 0.243 e. The first-order valence-corrected chi connectivity index (χ1v) is 10.5. The molecule has 1 fully saturated rings. The van der Waals surface area contributed by atoms with Crippen molar-refractivity contribution in [1.82, 2.24) is 4.31 Å². The average Bonchev–Trinajstić information content (AvgIpc) is 2.71. The largest absolute Gasteiger partial charge is 0.326 e. The van der Waals surface area contributed by atoms with Gasteiger partial charge in [0.05, 0.1) is 4.90 Å². The number of carbonyl (C=O) groups excluding carboxylic acids is 2. The van der Waals surface area contributed by atoms with Crippen molar-refractivity contribution < 1.29 is 26.8 Å². The number of halogens is 2. The molecule has 9 heteroatoms. The van der Waals surface area contributed by atoms with Crippen LogP contribution in [0.5, 0.6) is 0 Å². The van der Waals surface area contributed by atoms with Gasteiger partial charge in [0.2, 0.25) is 15.9 Å². The Kier molecular flexibility index (Phi) is 6.09. The summed E-state index contributed by atoms with van der Waals surface area (Å²) in [7, 11) is -3.72. The number of benzene rings is 2. The minimum atomic E-state index is -3.72. The van der Waals surface area contributed by atoms with Gasteiger partial charge in [0.25, 0.3) is 0 Å². The molecule has 0 aromatic heterocycles. The molecule has 0 unspecified atom stereocenters. The van der Waals surface area contributed by atoms with Crippen molar-refractivity contribution in [2.45, 2.75) is 24.7 Å².